The molecule has 1 aromatic carbocycles. The molecular weight excluding hydrogens is 256 g/mol. The summed E-state index contributed by atoms with van der Waals surface area (Å²) in [5.74, 6) is 0.304. The molecule has 0 saturated carbocycles. The van der Waals surface area contributed by atoms with E-state index in [1.807, 2.05) is 6.07 Å². The summed E-state index contributed by atoms with van der Waals surface area (Å²) >= 11 is 3.45. The molecule has 1 aromatic rings. The first-order valence-electron chi connectivity index (χ1n) is 4.89. The largest absolute Gasteiger partial charge is 0.273 e. The molecule has 1 amide bonds. The maximum absolute atomic E-state index is 11.2. The van der Waals surface area contributed by atoms with E-state index in [9.17, 15) is 4.79 Å². The number of amides is 1. The summed E-state index contributed by atoms with van der Waals surface area (Å²) < 4.78 is 1.08. The number of rotatable bonds is 0. The molecule has 0 fully saturated rings. The zero-order valence-electron chi connectivity index (χ0n) is 7.96. The van der Waals surface area contributed by atoms with Crippen LogP contribution in [0.25, 0.3) is 0 Å². The number of carbonyl (C=O) groups is 1. The molecule has 1 N–H and O–H groups in total. The zero-order valence-corrected chi connectivity index (χ0v) is 9.54. The predicted octanol–water partition coefficient (Wildman–Crippen LogP) is 1.85. The standard InChI is InChI=1S/C11H9BrN2O/c12-8-1-2-9-6(4-8)3-7-5-10(15)13-14-11(7)9/h1-2,4,7H,3,5H2,(H,13,15). The third-order valence-corrected chi connectivity index (χ3v) is 3.42. The molecule has 15 heavy (non-hydrogen) atoms. The smallest absolute Gasteiger partial charge is 0.240 e. The van der Waals surface area contributed by atoms with Crippen molar-refractivity contribution in [3.8, 4) is 0 Å². The van der Waals surface area contributed by atoms with E-state index in [1.54, 1.807) is 0 Å². The van der Waals surface area contributed by atoms with E-state index >= 15 is 0 Å². The third-order valence-electron chi connectivity index (χ3n) is 2.93. The fraction of sp³-hybridized carbons (Fsp3) is 0.273. The van der Waals surface area contributed by atoms with E-state index in [1.165, 1.54) is 11.1 Å². The maximum Gasteiger partial charge on any atom is 0.240 e. The van der Waals surface area contributed by atoms with E-state index in [0.717, 1.165) is 16.6 Å². The Morgan fingerprint density at radius 2 is 2.27 bits per heavy atom. The van der Waals surface area contributed by atoms with Crippen LogP contribution in [-0.2, 0) is 11.2 Å². The highest BCUT2D eigenvalue weighted by atomic mass is 79.9. The molecule has 1 aliphatic heterocycles. The Bertz CT molecular complexity index is 481. The molecule has 2 aliphatic rings. The van der Waals surface area contributed by atoms with Crippen molar-refractivity contribution < 1.29 is 4.79 Å². The van der Waals surface area contributed by atoms with Crippen molar-refractivity contribution in [1.29, 1.82) is 0 Å². The predicted molar refractivity (Wildman–Crippen MR) is 60.6 cm³/mol. The molecule has 76 valence electrons. The SMILES string of the molecule is O=C1CC2Cc3cc(Br)ccc3C2=NN1. The Kier molecular flexibility index (Phi) is 1.92. The van der Waals surface area contributed by atoms with Crippen molar-refractivity contribution in [2.75, 3.05) is 0 Å². The fourth-order valence-corrected chi connectivity index (χ4v) is 2.68. The minimum atomic E-state index is 0.0237. The van der Waals surface area contributed by atoms with Gasteiger partial charge in [-0.3, -0.25) is 4.79 Å². The van der Waals surface area contributed by atoms with E-state index in [4.69, 9.17) is 0 Å². The minimum Gasteiger partial charge on any atom is -0.273 e. The summed E-state index contributed by atoms with van der Waals surface area (Å²) in [5.41, 5.74) is 6.05. The van der Waals surface area contributed by atoms with Gasteiger partial charge in [-0.1, -0.05) is 22.0 Å². The Labute approximate surface area is 95.7 Å². The van der Waals surface area contributed by atoms with Gasteiger partial charge in [0, 0.05) is 22.4 Å². The van der Waals surface area contributed by atoms with Crippen LogP contribution >= 0.6 is 15.9 Å². The average molecular weight is 265 g/mol. The molecule has 1 unspecified atom stereocenters. The lowest BCUT2D eigenvalue weighted by Crippen LogP contribution is -2.31. The molecule has 1 atom stereocenters. The normalized spacial score (nSPS) is 22.9. The first kappa shape index (κ1) is 9.09. The highest BCUT2D eigenvalue weighted by Crippen LogP contribution is 2.32. The minimum absolute atomic E-state index is 0.0237. The van der Waals surface area contributed by atoms with Crippen LogP contribution in [0.4, 0.5) is 0 Å². The molecular formula is C11H9BrN2O. The van der Waals surface area contributed by atoms with Gasteiger partial charge in [-0.05, 0) is 24.1 Å². The van der Waals surface area contributed by atoms with Gasteiger partial charge in [0.1, 0.15) is 0 Å². The summed E-state index contributed by atoms with van der Waals surface area (Å²) in [6, 6.07) is 6.19. The van der Waals surface area contributed by atoms with Gasteiger partial charge in [-0.25, -0.2) is 5.43 Å². The molecule has 0 aromatic heterocycles. The number of nitrogens with one attached hydrogen (secondary N) is 1. The lowest BCUT2D eigenvalue weighted by atomic mass is 9.99. The van der Waals surface area contributed by atoms with Crippen molar-refractivity contribution in [1.82, 2.24) is 5.43 Å². The van der Waals surface area contributed by atoms with Gasteiger partial charge in [0.2, 0.25) is 5.91 Å². The van der Waals surface area contributed by atoms with Crippen LogP contribution in [0.5, 0.6) is 0 Å². The summed E-state index contributed by atoms with van der Waals surface area (Å²) in [7, 11) is 0. The van der Waals surface area contributed by atoms with E-state index < -0.39 is 0 Å². The third kappa shape index (κ3) is 1.40. The second kappa shape index (κ2) is 3.17. The number of benzene rings is 1. The molecule has 4 heteroatoms. The molecule has 1 heterocycles. The van der Waals surface area contributed by atoms with Crippen molar-refractivity contribution in [2.45, 2.75) is 12.8 Å². The summed E-state index contributed by atoms with van der Waals surface area (Å²) in [6.07, 6.45) is 1.49. The van der Waals surface area contributed by atoms with Gasteiger partial charge in [-0.15, -0.1) is 0 Å². The van der Waals surface area contributed by atoms with Crippen LogP contribution in [0.2, 0.25) is 0 Å². The highest BCUT2D eigenvalue weighted by Gasteiger charge is 2.32. The fourth-order valence-electron chi connectivity index (χ4n) is 2.28. The van der Waals surface area contributed by atoms with E-state index in [2.05, 4.69) is 38.6 Å². The molecule has 0 radical (unpaired) electrons. The highest BCUT2D eigenvalue weighted by molar-refractivity contribution is 9.10. The number of fused-ring (bicyclic) bond motifs is 3. The molecule has 0 bridgehead atoms. The van der Waals surface area contributed by atoms with Gasteiger partial charge in [0.15, 0.2) is 0 Å². The van der Waals surface area contributed by atoms with Gasteiger partial charge in [-0.2, -0.15) is 5.10 Å². The Morgan fingerprint density at radius 1 is 1.40 bits per heavy atom. The molecule has 3 rings (SSSR count). The van der Waals surface area contributed by atoms with Crippen LogP contribution in [0.1, 0.15) is 17.5 Å². The van der Waals surface area contributed by atoms with Crippen molar-refractivity contribution in [2.24, 2.45) is 11.0 Å². The Balaban J connectivity index is 2.09. The Hall–Kier alpha value is -1.16. The lowest BCUT2D eigenvalue weighted by Gasteiger charge is -2.15. The number of hydrogen-bond donors (Lipinski definition) is 1. The number of hydrazone groups is 1. The summed E-state index contributed by atoms with van der Waals surface area (Å²) in [4.78, 5) is 11.2. The number of nitrogens with zero attached hydrogens (tertiary/aromatic N) is 1. The van der Waals surface area contributed by atoms with E-state index in [-0.39, 0.29) is 11.8 Å². The number of hydrogen-bond acceptors (Lipinski definition) is 2. The topological polar surface area (TPSA) is 41.5 Å². The maximum atomic E-state index is 11.2. The molecule has 1 aliphatic carbocycles. The second-order valence-electron chi connectivity index (χ2n) is 3.94. The summed E-state index contributed by atoms with van der Waals surface area (Å²) in [6.45, 7) is 0. The van der Waals surface area contributed by atoms with Crippen LogP contribution in [-0.4, -0.2) is 11.6 Å². The van der Waals surface area contributed by atoms with E-state index in [0.29, 0.717) is 6.42 Å². The van der Waals surface area contributed by atoms with Gasteiger partial charge < -0.3 is 0 Å². The quantitative estimate of drug-likeness (QED) is 0.764. The van der Waals surface area contributed by atoms with Gasteiger partial charge in [0.25, 0.3) is 0 Å². The summed E-state index contributed by atoms with van der Waals surface area (Å²) in [5, 5.41) is 4.15. The number of halogens is 1. The van der Waals surface area contributed by atoms with Crippen LogP contribution in [0.3, 0.4) is 0 Å². The van der Waals surface area contributed by atoms with Crippen LogP contribution < -0.4 is 5.43 Å². The van der Waals surface area contributed by atoms with Crippen molar-refractivity contribution in [3.05, 3.63) is 33.8 Å². The average Bonchev–Trinajstić information content (AvgIpc) is 2.53. The molecule has 0 spiro atoms. The molecule has 3 nitrogen and oxygen atoms in total. The second-order valence-corrected chi connectivity index (χ2v) is 4.85. The van der Waals surface area contributed by atoms with Crippen molar-refractivity contribution >= 4 is 27.5 Å². The number of carbonyl (C=O) groups excluding carboxylic acids is 1. The van der Waals surface area contributed by atoms with Crippen molar-refractivity contribution in [3.63, 3.8) is 0 Å². The van der Waals surface area contributed by atoms with Gasteiger partial charge >= 0.3 is 0 Å². The lowest BCUT2D eigenvalue weighted by molar-refractivity contribution is -0.121. The van der Waals surface area contributed by atoms with Gasteiger partial charge in [0.05, 0.1) is 5.71 Å². The zero-order chi connectivity index (χ0) is 10.4. The van der Waals surface area contributed by atoms with Crippen LogP contribution in [0, 0.1) is 5.92 Å². The first-order chi connectivity index (χ1) is 7.24. The van der Waals surface area contributed by atoms with Crippen LogP contribution in [0.15, 0.2) is 27.8 Å². The molecule has 0 saturated heterocycles. The Morgan fingerprint density at radius 3 is 3.13 bits per heavy atom. The monoisotopic (exact) mass is 264 g/mol. The first-order valence-corrected chi connectivity index (χ1v) is 5.68.